The highest BCUT2D eigenvalue weighted by atomic mass is 16.5. The number of rotatable bonds is 3. The van der Waals surface area contributed by atoms with E-state index in [0.29, 0.717) is 38.6 Å². The summed E-state index contributed by atoms with van der Waals surface area (Å²) in [5.41, 5.74) is 5.86. The van der Waals surface area contributed by atoms with Crippen molar-refractivity contribution in [3.8, 4) is 11.1 Å². The second-order valence-electron chi connectivity index (χ2n) is 8.28. The first-order valence-electron chi connectivity index (χ1n) is 10.6. The maximum atomic E-state index is 10.8. The van der Waals surface area contributed by atoms with Crippen LogP contribution < -0.4 is 0 Å². The fourth-order valence-electron chi connectivity index (χ4n) is 4.45. The highest BCUT2D eigenvalue weighted by Gasteiger charge is 2.33. The molecule has 2 aliphatic rings. The maximum absolute atomic E-state index is 10.8. The number of benzene rings is 1. The summed E-state index contributed by atoms with van der Waals surface area (Å²) < 4.78 is 14.0. The summed E-state index contributed by atoms with van der Waals surface area (Å²) in [6.45, 7) is 5.64. The standard InChI is InChI=1S/C23H27N3O2/c1-16-12-24-22-21(16)11-20(13-25-22)17-2-3-19-14-26(7-4-18(19)10-17)15-23(27)5-8-28-9-6-23/h2-3,10-13,27H,4-9,14-15H2,1H3,(H,24,25)/i3D. The lowest BCUT2D eigenvalue weighted by atomic mass is 9.91. The minimum absolute atomic E-state index is 0.576. The van der Waals surface area contributed by atoms with Crippen LogP contribution in [0.15, 0.2) is 36.6 Å². The van der Waals surface area contributed by atoms with Crippen LogP contribution in [0.1, 0.15) is 30.9 Å². The number of ether oxygens (including phenoxy) is 1. The molecule has 1 saturated heterocycles. The van der Waals surface area contributed by atoms with E-state index < -0.39 is 5.60 Å². The van der Waals surface area contributed by atoms with Gasteiger partial charge in [0.05, 0.1) is 6.97 Å². The number of pyridine rings is 1. The van der Waals surface area contributed by atoms with Gasteiger partial charge in [0.1, 0.15) is 5.65 Å². The monoisotopic (exact) mass is 378 g/mol. The van der Waals surface area contributed by atoms with Crippen LogP contribution in [0.3, 0.4) is 0 Å². The van der Waals surface area contributed by atoms with E-state index in [4.69, 9.17) is 6.11 Å². The van der Waals surface area contributed by atoms with E-state index in [1.54, 1.807) is 0 Å². The number of β-amino-alcohol motifs (C(OH)–C–C–N with tert-alkyl or cyclic N) is 1. The lowest BCUT2D eigenvalue weighted by Gasteiger charge is -2.38. The molecule has 0 unspecified atom stereocenters. The van der Waals surface area contributed by atoms with Crippen molar-refractivity contribution in [2.45, 2.75) is 38.3 Å². The van der Waals surface area contributed by atoms with E-state index in [1.807, 2.05) is 18.5 Å². The number of aromatic nitrogens is 2. The SMILES string of the molecule is [2H]c1cc(-c2cnc3[nH]cc(C)c3c2)cc2c1CN(CC1(O)CCOCC1)CC2. The second-order valence-corrected chi connectivity index (χ2v) is 8.28. The highest BCUT2D eigenvalue weighted by Crippen LogP contribution is 2.30. The van der Waals surface area contributed by atoms with Crippen LogP contribution in [0.25, 0.3) is 22.2 Å². The van der Waals surface area contributed by atoms with Crippen molar-refractivity contribution in [1.82, 2.24) is 14.9 Å². The first-order chi connectivity index (χ1) is 14.0. The summed E-state index contributed by atoms with van der Waals surface area (Å²) >= 11 is 0. The second kappa shape index (κ2) is 6.99. The molecule has 4 heterocycles. The fraction of sp³-hybridized carbons (Fsp3) is 0.435. The van der Waals surface area contributed by atoms with Crippen LogP contribution in [0.4, 0.5) is 0 Å². The number of aryl methyl sites for hydroxylation is 1. The Labute approximate surface area is 166 Å². The molecule has 0 bridgehead atoms. The summed E-state index contributed by atoms with van der Waals surface area (Å²) in [4.78, 5) is 10.0. The zero-order valence-corrected chi connectivity index (χ0v) is 16.3. The molecule has 28 heavy (non-hydrogen) atoms. The van der Waals surface area contributed by atoms with Crippen molar-refractivity contribution < 1.29 is 11.2 Å². The zero-order valence-electron chi connectivity index (χ0n) is 17.3. The van der Waals surface area contributed by atoms with Crippen molar-refractivity contribution in [3.05, 3.63) is 53.3 Å². The highest BCUT2D eigenvalue weighted by molar-refractivity contribution is 5.84. The first-order valence-corrected chi connectivity index (χ1v) is 10.1. The quantitative estimate of drug-likeness (QED) is 0.733. The van der Waals surface area contributed by atoms with Gasteiger partial charge in [-0.1, -0.05) is 18.2 Å². The van der Waals surface area contributed by atoms with Gasteiger partial charge in [0.2, 0.25) is 0 Å². The molecule has 146 valence electrons. The van der Waals surface area contributed by atoms with Crippen LogP contribution in [0, 0.1) is 6.92 Å². The van der Waals surface area contributed by atoms with Crippen molar-refractivity contribution in [1.29, 1.82) is 0 Å². The van der Waals surface area contributed by atoms with Gasteiger partial charge >= 0.3 is 0 Å². The Morgan fingerprint density at radius 2 is 2.14 bits per heavy atom. The number of hydrogen-bond acceptors (Lipinski definition) is 4. The number of nitrogens with zero attached hydrogens (tertiary/aromatic N) is 2. The molecular weight excluding hydrogens is 350 g/mol. The summed E-state index contributed by atoms with van der Waals surface area (Å²) in [6, 6.07) is 6.91. The molecule has 5 nitrogen and oxygen atoms in total. The third-order valence-electron chi connectivity index (χ3n) is 6.21. The average Bonchev–Trinajstić information content (AvgIpc) is 3.09. The van der Waals surface area contributed by atoms with E-state index in [0.717, 1.165) is 47.2 Å². The van der Waals surface area contributed by atoms with Crippen LogP contribution in [0.2, 0.25) is 0 Å². The summed E-state index contributed by atoms with van der Waals surface area (Å²) in [5.74, 6) is 0. The Morgan fingerprint density at radius 3 is 3.00 bits per heavy atom. The molecule has 2 aromatic heterocycles. The third kappa shape index (κ3) is 3.34. The number of aliphatic hydroxyl groups is 1. The van der Waals surface area contributed by atoms with Crippen LogP contribution in [-0.2, 0) is 17.7 Å². The Morgan fingerprint density at radius 1 is 1.29 bits per heavy atom. The molecule has 2 aliphatic heterocycles. The lowest BCUT2D eigenvalue weighted by molar-refractivity contribution is -0.0814. The number of aromatic amines is 1. The van der Waals surface area contributed by atoms with Gasteiger partial charge in [0, 0.05) is 69.0 Å². The van der Waals surface area contributed by atoms with E-state index in [9.17, 15) is 5.11 Å². The molecule has 5 heteroatoms. The summed E-state index contributed by atoms with van der Waals surface area (Å²) in [6.07, 6.45) is 6.15. The fourth-order valence-corrected chi connectivity index (χ4v) is 4.45. The normalized spacial score (nSPS) is 20.1. The topological polar surface area (TPSA) is 61.4 Å². The van der Waals surface area contributed by atoms with Gasteiger partial charge in [0.25, 0.3) is 0 Å². The molecule has 1 aromatic carbocycles. The molecule has 0 atom stereocenters. The van der Waals surface area contributed by atoms with Crippen LogP contribution in [0.5, 0.6) is 0 Å². The third-order valence-corrected chi connectivity index (χ3v) is 6.21. The van der Waals surface area contributed by atoms with Gasteiger partial charge in [-0.3, -0.25) is 4.90 Å². The van der Waals surface area contributed by atoms with Crippen molar-refractivity contribution in [2.24, 2.45) is 0 Å². The van der Waals surface area contributed by atoms with Gasteiger partial charge in [-0.2, -0.15) is 0 Å². The van der Waals surface area contributed by atoms with Gasteiger partial charge in [-0.05, 0) is 41.7 Å². The average molecular weight is 378 g/mol. The van der Waals surface area contributed by atoms with Crippen molar-refractivity contribution in [2.75, 3.05) is 26.3 Å². The molecule has 1 fully saturated rings. The summed E-state index contributed by atoms with van der Waals surface area (Å²) in [5, 5.41) is 12.0. The molecule has 2 N–H and O–H groups in total. The molecule has 0 radical (unpaired) electrons. The maximum Gasteiger partial charge on any atom is 0.137 e. The first kappa shape index (κ1) is 16.7. The smallest absolute Gasteiger partial charge is 0.137 e. The van der Waals surface area contributed by atoms with Gasteiger partial charge in [0.15, 0.2) is 0 Å². The van der Waals surface area contributed by atoms with E-state index >= 15 is 0 Å². The molecular formula is C23H27N3O2. The van der Waals surface area contributed by atoms with E-state index in [1.165, 1.54) is 11.1 Å². The molecule has 5 rings (SSSR count). The Bertz CT molecular complexity index is 1060. The Balaban J connectivity index is 1.40. The molecule has 0 aliphatic carbocycles. The Hall–Kier alpha value is -2.21. The number of nitrogens with one attached hydrogen (secondary N) is 1. The van der Waals surface area contributed by atoms with Gasteiger partial charge in [-0.25, -0.2) is 4.98 Å². The van der Waals surface area contributed by atoms with Crippen LogP contribution >= 0.6 is 0 Å². The minimum atomic E-state index is -0.659. The van der Waals surface area contributed by atoms with Crippen molar-refractivity contribution >= 4 is 11.0 Å². The molecule has 0 saturated carbocycles. The van der Waals surface area contributed by atoms with Crippen LogP contribution in [-0.4, -0.2) is 51.9 Å². The Kier molecular flexibility index (Phi) is 4.18. The minimum Gasteiger partial charge on any atom is -0.388 e. The molecule has 0 spiro atoms. The number of H-pyrrole nitrogens is 1. The molecule has 0 amide bonds. The zero-order chi connectivity index (χ0) is 20.0. The lowest BCUT2D eigenvalue weighted by Crippen LogP contribution is -2.48. The molecule has 3 aromatic rings. The van der Waals surface area contributed by atoms with E-state index in [-0.39, 0.29) is 0 Å². The predicted molar refractivity (Wildman–Crippen MR) is 110 cm³/mol. The van der Waals surface area contributed by atoms with Gasteiger partial charge < -0.3 is 14.8 Å². The van der Waals surface area contributed by atoms with Gasteiger partial charge in [-0.15, -0.1) is 0 Å². The van der Waals surface area contributed by atoms with E-state index in [2.05, 4.69) is 33.9 Å². The number of fused-ring (bicyclic) bond motifs is 2. The largest absolute Gasteiger partial charge is 0.388 e. The summed E-state index contributed by atoms with van der Waals surface area (Å²) in [7, 11) is 0. The number of hydrogen-bond donors (Lipinski definition) is 2. The van der Waals surface area contributed by atoms with Crippen molar-refractivity contribution in [3.63, 3.8) is 0 Å². The predicted octanol–water partition coefficient (Wildman–Crippen LogP) is 3.44.